The van der Waals surface area contributed by atoms with Crippen molar-refractivity contribution in [3.63, 3.8) is 0 Å². The number of rotatable bonds is 1. The lowest BCUT2D eigenvalue weighted by atomic mass is 10.1. The highest BCUT2D eigenvalue weighted by molar-refractivity contribution is 5.73. The predicted molar refractivity (Wildman–Crippen MR) is 50.9 cm³/mol. The summed E-state index contributed by atoms with van der Waals surface area (Å²) in [4.78, 5) is 23.5. The van der Waals surface area contributed by atoms with E-state index in [1.807, 2.05) is 0 Å². The van der Waals surface area contributed by atoms with Gasteiger partial charge in [0.05, 0.1) is 0 Å². The molecule has 0 unspecified atom stereocenters. The molecule has 1 amide bonds. The van der Waals surface area contributed by atoms with Crippen LogP contribution in [0.15, 0.2) is 0 Å². The molecule has 0 N–H and O–H groups in total. The summed E-state index contributed by atoms with van der Waals surface area (Å²) in [6, 6.07) is 0. The van der Waals surface area contributed by atoms with Gasteiger partial charge < -0.3 is 19.5 Å². The fraction of sp³-hybridized carbons (Fsp3) is 0.800. The molecule has 1 aliphatic rings. The van der Waals surface area contributed by atoms with E-state index >= 15 is 0 Å². The summed E-state index contributed by atoms with van der Waals surface area (Å²) >= 11 is 0. The van der Waals surface area contributed by atoms with E-state index in [0.29, 0.717) is 13.0 Å². The van der Waals surface area contributed by atoms with Gasteiger partial charge in [-0.1, -0.05) is 0 Å². The van der Waals surface area contributed by atoms with Crippen molar-refractivity contribution in [3.05, 3.63) is 0 Å². The highest BCUT2D eigenvalue weighted by atomic mass is 16.6. The van der Waals surface area contributed by atoms with Gasteiger partial charge in [0, 0.05) is 25.0 Å². The summed E-state index contributed by atoms with van der Waals surface area (Å²) in [5.74, 6) is -1.65. The Bertz CT molecular complexity index is 269. The molecule has 0 aromatic heterocycles. The Hall–Kier alpha value is -1.26. The summed E-state index contributed by atoms with van der Waals surface area (Å²) in [5, 5.41) is 10.6. The van der Waals surface area contributed by atoms with Crippen molar-refractivity contribution >= 4 is 12.1 Å². The maximum Gasteiger partial charge on any atom is 0.410 e. The van der Waals surface area contributed by atoms with Crippen LogP contribution in [0.4, 0.5) is 4.79 Å². The van der Waals surface area contributed by atoms with Gasteiger partial charge in [0.2, 0.25) is 0 Å². The molecule has 1 aliphatic heterocycles. The van der Waals surface area contributed by atoms with Gasteiger partial charge in [0.15, 0.2) is 0 Å². The van der Waals surface area contributed by atoms with Crippen LogP contribution in [0, 0.1) is 5.92 Å². The number of nitrogens with zero attached hydrogens (tertiary/aromatic N) is 1. The number of ether oxygens (including phenoxy) is 1. The van der Waals surface area contributed by atoms with E-state index in [-0.39, 0.29) is 6.54 Å². The van der Waals surface area contributed by atoms with Gasteiger partial charge in [0.1, 0.15) is 5.60 Å². The summed E-state index contributed by atoms with van der Waals surface area (Å²) in [5.41, 5.74) is -0.545. The number of carboxylic acids is 1. The molecule has 1 fully saturated rings. The minimum atomic E-state index is -1.10. The molecule has 1 rings (SSSR count). The second-order valence-electron chi connectivity index (χ2n) is 4.73. The van der Waals surface area contributed by atoms with Gasteiger partial charge in [-0.25, -0.2) is 4.79 Å². The third-order valence-electron chi connectivity index (χ3n) is 2.17. The summed E-state index contributed by atoms with van der Waals surface area (Å²) in [6.07, 6.45) is -0.00654. The zero-order valence-electron chi connectivity index (χ0n) is 9.28. The van der Waals surface area contributed by atoms with E-state index in [2.05, 4.69) is 0 Å². The van der Waals surface area contributed by atoms with Crippen molar-refractivity contribution in [1.29, 1.82) is 0 Å². The Morgan fingerprint density at radius 2 is 2.00 bits per heavy atom. The van der Waals surface area contributed by atoms with Crippen molar-refractivity contribution < 1.29 is 19.4 Å². The Labute approximate surface area is 89.0 Å². The topological polar surface area (TPSA) is 69.7 Å². The van der Waals surface area contributed by atoms with E-state index in [1.165, 1.54) is 4.90 Å². The first kappa shape index (κ1) is 11.8. The molecule has 0 saturated carbocycles. The van der Waals surface area contributed by atoms with Crippen LogP contribution in [-0.2, 0) is 9.53 Å². The van der Waals surface area contributed by atoms with Crippen LogP contribution in [0.25, 0.3) is 0 Å². The lowest BCUT2D eigenvalue weighted by Gasteiger charge is -2.24. The molecule has 0 spiro atoms. The quantitative estimate of drug-likeness (QED) is 0.615. The average Bonchev–Trinajstić information content (AvgIpc) is 2.47. The van der Waals surface area contributed by atoms with Crippen molar-refractivity contribution in [3.8, 4) is 0 Å². The predicted octanol–water partition coefficient (Wildman–Crippen LogP) is -0.00670. The third-order valence-corrected chi connectivity index (χ3v) is 2.17. The van der Waals surface area contributed by atoms with Gasteiger partial charge in [-0.2, -0.15) is 0 Å². The molecular weight excluding hydrogens is 198 g/mol. The van der Waals surface area contributed by atoms with Crippen LogP contribution in [-0.4, -0.2) is 35.7 Å². The zero-order chi connectivity index (χ0) is 11.6. The Balaban J connectivity index is 2.47. The second-order valence-corrected chi connectivity index (χ2v) is 4.73. The first-order valence-corrected chi connectivity index (χ1v) is 4.98. The Morgan fingerprint density at radius 1 is 1.40 bits per heavy atom. The monoisotopic (exact) mass is 214 g/mol. The van der Waals surface area contributed by atoms with Crippen LogP contribution in [0.5, 0.6) is 0 Å². The van der Waals surface area contributed by atoms with Crippen LogP contribution < -0.4 is 5.11 Å². The molecule has 5 heteroatoms. The van der Waals surface area contributed by atoms with E-state index in [4.69, 9.17) is 4.74 Å². The van der Waals surface area contributed by atoms with Crippen LogP contribution in [0.1, 0.15) is 27.2 Å². The zero-order valence-corrected chi connectivity index (χ0v) is 9.28. The minimum absolute atomic E-state index is 0.192. The van der Waals surface area contributed by atoms with Crippen LogP contribution in [0.3, 0.4) is 0 Å². The van der Waals surface area contributed by atoms with Gasteiger partial charge in [-0.3, -0.25) is 0 Å². The highest BCUT2D eigenvalue weighted by Gasteiger charge is 2.30. The van der Waals surface area contributed by atoms with Gasteiger partial charge in [0.25, 0.3) is 0 Å². The number of carbonyl (C=O) groups is 2. The molecule has 0 aromatic rings. The maximum atomic E-state index is 11.5. The molecular formula is C10H16NO4-. The molecule has 1 heterocycles. The average molecular weight is 214 g/mol. The molecule has 0 radical (unpaired) electrons. The van der Waals surface area contributed by atoms with E-state index in [0.717, 1.165) is 0 Å². The SMILES string of the molecule is CC(C)(C)OC(=O)N1CC[C@@H](C(=O)[O-])C1. The lowest BCUT2D eigenvalue weighted by Crippen LogP contribution is -2.38. The smallest absolute Gasteiger partial charge is 0.410 e. The van der Waals surface area contributed by atoms with Crippen molar-refractivity contribution in [2.75, 3.05) is 13.1 Å². The number of carbonyl (C=O) groups excluding carboxylic acids is 2. The van der Waals surface area contributed by atoms with Crippen molar-refractivity contribution in [1.82, 2.24) is 4.90 Å². The Morgan fingerprint density at radius 3 is 2.40 bits per heavy atom. The van der Waals surface area contributed by atoms with Crippen molar-refractivity contribution in [2.24, 2.45) is 5.92 Å². The number of hydrogen-bond acceptors (Lipinski definition) is 4. The summed E-state index contributed by atoms with van der Waals surface area (Å²) < 4.78 is 5.12. The maximum absolute atomic E-state index is 11.5. The molecule has 5 nitrogen and oxygen atoms in total. The summed E-state index contributed by atoms with van der Waals surface area (Å²) in [7, 11) is 0. The van der Waals surface area contributed by atoms with Gasteiger partial charge in [-0.15, -0.1) is 0 Å². The van der Waals surface area contributed by atoms with E-state index < -0.39 is 23.6 Å². The van der Waals surface area contributed by atoms with Gasteiger partial charge >= 0.3 is 6.09 Å². The fourth-order valence-corrected chi connectivity index (χ4v) is 1.44. The number of hydrogen-bond donors (Lipinski definition) is 0. The number of amides is 1. The largest absolute Gasteiger partial charge is 0.550 e. The highest BCUT2D eigenvalue weighted by Crippen LogP contribution is 2.18. The van der Waals surface area contributed by atoms with Crippen LogP contribution in [0.2, 0.25) is 0 Å². The number of likely N-dealkylation sites (tertiary alicyclic amines) is 1. The lowest BCUT2D eigenvalue weighted by molar-refractivity contribution is -0.310. The summed E-state index contributed by atoms with van der Waals surface area (Å²) in [6.45, 7) is 5.94. The second kappa shape index (κ2) is 4.08. The van der Waals surface area contributed by atoms with Crippen LogP contribution >= 0.6 is 0 Å². The first-order chi connectivity index (χ1) is 6.79. The minimum Gasteiger partial charge on any atom is -0.550 e. The van der Waals surface area contributed by atoms with Gasteiger partial charge in [-0.05, 0) is 27.2 Å². The molecule has 0 bridgehead atoms. The fourth-order valence-electron chi connectivity index (χ4n) is 1.44. The molecule has 0 aliphatic carbocycles. The molecule has 1 atom stereocenters. The molecule has 1 saturated heterocycles. The number of aliphatic carboxylic acids is 1. The standard InChI is InChI=1S/C10H17NO4/c1-10(2,3)15-9(14)11-5-4-7(6-11)8(12)13/h7H,4-6H2,1-3H3,(H,12,13)/p-1/t7-/m1/s1. The van der Waals surface area contributed by atoms with E-state index in [1.54, 1.807) is 20.8 Å². The first-order valence-electron chi connectivity index (χ1n) is 4.98. The van der Waals surface area contributed by atoms with Crippen molar-refractivity contribution in [2.45, 2.75) is 32.8 Å². The normalized spacial score (nSPS) is 21.5. The molecule has 86 valence electrons. The molecule has 15 heavy (non-hydrogen) atoms. The van der Waals surface area contributed by atoms with E-state index in [9.17, 15) is 14.7 Å². The molecule has 0 aromatic carbocycles. The third kappa shape index (κ3) is 3.42. The number of carboxylic acid groups (broad SMARTS) is 1. The Kier molecular flexibility index (Phi) is 3.21.